The van der Waals surface area contributed by atoms with E-state index in [1.807, 2.05) is 30.3 Å². The van der Waals surface area contributed by atoms with E-state index in [0.29, 0.717) is 34.1 Å². The fourth-order valence-corrected chi connectivity index (χ4v) is 2.71. The normalized spacial score (nSPS) is 10.3. The van der Waals surface area contributed by atoms with E-state index >= 15 is 0 Å². The summed E-state index contributed by atoms with van der Waals surface area (Å²) in [4.78, 5) is 4.35. The highest BCUT2D eigenvalue weighted by atomic mass is 35.5. The average Bonchev–Trinajstić information content (AvgIpc) is 3.16. The quantitative estimate of drug-likeness (QED) is 0.599. The number of benzene rings is 2. The van der Waals surface area contributed by atoms with Gasteiger partial charge in [0.25, 0.3) is 0 Å². The van der Waals surface area contributed by atoms with E-state index in [0.717, 1.165) is 17.0 Å². The van der Waals surface area contributed by atoms with E-state index in [9.17, 15) is 0 Å². The minimum atomic E-state index is 0.291. The number of ether oxygens (including phenoxy) is 2. The summed E-state index contributed by atoms with van der Waals surface area (Å²) in [6.45, 7) is 0.291. The Bertz CT molecular complexity index is 931. The first-order valence-electron chi connectivity index (χ1n) is 7.94. The summed E-state index contributed by atoms with van der Waals surface area (Å²) in [5.41, 5.74) is 1.57. The molecule has 0 fully saturated rings. The van der Waals surface area contributed by atoms with Crippen LogP contribution in [0.5, 0.6) is 11.5 Å². The second-order valence-corrected chi connectivity index (χ2v) is 6.21. The number of halogens is 1. The van der Waals surface area contributed by atoms with Crippen molar-refractivity contribution in [3.63, 3.8) is 0 Å². The van der Waals surface area contributed by atoms with Crippen LogP contribution in [-0.2, 0) is 6.54 Å². The number of anilines is 1. The van der Waals surface area contributed by atoms with Crippen molar-refractivity contribution in [1.29, 1.82) is 0 Å². The number of aromatic nitrogens is 2. The van der Waals surface area contributed by atoms with Crippen molar-refractivity contribution in [3.05, 3.63) is 53.4 Å². The van der Waals surface area contributed by atoms with E-state index in [4.69, 9.17) is 37.8 Å². The number of hydrogen-bond donors (Lipinski definition) is 2. The molecule has 140 valence electrons. The lowest BCUT2D eigenvalue weighted by molar-refractivity contribution is 0.376. The molecule has 0 aliphatic rings. The van der Waals surface area contributed by atoms with Crippen molar-refractivity contribution in [3.8, 4) is 22.9 Å². The van der Waals surface area contributed by atoms with E-state index < -0.39 is 0 Å². The molecule has 27 heavy (non-hydrogen) atoms. The van der Waals surface area contributed by atoms with Crippen molar-refractivity contribution in [2.75, 3.05) is 19.5 Å². The van der Waals surface area contributed by atoms with Crippen LogP contribution in [0.25, 0.3) is 11.4 Å². The molecular formula is C18H17ClN4O3S. The summed E-state index contributed by atoms with van der Waals surface area (Å²) in [6, 6.07) is 12.7. The minimum Gasteiger partial charge on any atom is -0.497 e. The molecule has 9 heteroatoms. The van der Waals surface area contributed by atoms with Gasteiger partial charge in [-0.3, -0.25) is 0 Å². The van der Waals surface area contributed by atoms with Gasteiger partial charge in [-0.1, -0.05) is 16.8 Å². The zero-order chi connectivity index (χ0) is 19.2. The Morgan fingerprint density at radius 3 is 2.59 bits per heavy atom. The third-order valence-electron chi connectivity index (χ3n) is 3.63. The van der Waals surface area contributed by atoms with Crippen molar-refractivity contribution < 1.29 is 14.0 Å². The molecule has 0 saturated carbocycles. The smallest absolute Gasteiger partial charge is 0.246 e. The highest BCUT2D eigenvalue weighted by molar-refractivity contribution is 7.80. The fourth-order valence-electron chi connectivity index (χ4n) is 2.26. The third kappa shape index (κ3) is 4.87. The van der Waals surface area contributed by atoms with Gasteiger partial charge in [0.05, 0.1) is 25.8 Å². The number of rotatable bonds is 6. The monoisotopic (exact) mass is 404 g/mol. The lowest BCUT2D eigenvalue weighted by Gasteiger charge is -2.10. The molecule has 2 aromatic carbocycles. The van der Waals surface area contributed by atoms with Gasteiger partial charge in [0, 0.05) is 11.3 Å². The Balaban J connectivity index is 1.56. The minimum absolute atomic E-state index is 0.291. The Labute approximate surface area is 166 Å². The van der Waals surface area contributed by atoms with Crippen molar-refractivity contribution in [2.24, 2.45) is 0 Å². The van der Waals surface area contributed by atoms with Crippen LogP contribution in [-0.4, -0.2) is 29.5 Å². The predicted molar refractivity (Wildman–Crippen MR) is 107 cm³/mol. The predicted octanol–water partition coefficient (Wildman–Crippen LogP) is 3.89. The van der Waals surface area contributed by atoms with E-state index in [2.05, 4.69) is 20.8 Å². The van der Waals surface area contributed by atoms with Gasteiger partial charge < -0.3 is 24.6 Å². The lowest BCUT2D eigenvalue weighted by Crippen LogP contribution is -2.28. The topological polar surface area (TPSA) is 81.4 Å². The molecule has 0 spiro atoms. The molecule has 0 bridgehead atoms. The van der Waals surface area contributed by atoms with Gasteiger partial charge in [0.15, 0.2) is 5.11 Å². The molecular weight excluding hydrogens is 388 g/mol. The largest absolute Gasteiger partial charge is 0.497 e. The molecule has 0 aliphatic heterocycles. The average molecular weight is 405 g/mol. The molecule has 1 aromatic heterocycles. The highest BCUT2D eigenvalue weighted by Crippen LogP contribution is 2.27. The maximum atomic E-state index is 6.10. The number of thiocarbonyl (C=S) groups is 1. The van der Waals surface area contributed by atoms with Crippen LogP contribution in [0.2, 0.25) is 5.02 Å². The summed E-state index contributed by atoms with van der Waals surface area (Å²) in [5, 5.41) is 10.9. The number of nitrogens with zero attached hydrogens (tertiary/aromatic N) is 2. The van der Waals surface area contributed by atoms with Gasteiger partial charge in [-0.25, -0.2) is 0 Å². The Kier molecular flexibility index (Phi) is 6.10. The summed E-state index contributed by atoms with van der Waals surface area (Å²) in [6.07, 6.45) is 0. The first kappa shape index (κ1) is 18.9. The van der Waals surface area contributed by atoms with Crippen LogP contribution in [0.1, 0.15) is 5.89 Å². The van der Waals surface area contributed by atoms with Crippen molar-refractivity contribution in [1.82, 2.24) is 15.5 Å². The summed E-state index contributed by atoms with van der Waals surface area (Å²) < 4.78 is 15.5. The van der Waals surface area contributed by atoms with Crippen molar-refractivity contribution >= 4 is 34.6 Å². The molecule has 0 saturated heterocycles. The van der Waals surface area contributed by atoms with Gasteiger partial charge >= 0.3 is 0 Å². The zero-order valence-corrected chi connectivity index (χ0v) is 16.2. The Hall–Kier alpha value is -2.84. The molecule has 3 rings (SSSR count). The van der Waals surface area contributed by atoms with Gasteiger partial charge in [-0.15, -0.1) is 0 Å². The van der Waals surface area contributed by atoms with E-state index in [-0.39, 0.29) is 0 Å². The van der Waals surface area contributed by atoms with Gasteiger partial charge in [-0.2, -0.15) is 4.98 Å². The highest BCUT2D eigenvalue weighted by Gasteiger charge is 2.10. The molecule has 3 aromatic rings. The number of methoxy groups -OCH3 is 2. The van der Waals surface area contributed by atoms with Crippen LogP contribution in [0.3, 0.4) is 0 Å². The molecule has 0 aliphatic carbocycles. The summed E-state index contributed by atoms with van der Waals surface area (Å²) >= 11 is 11.4. The molecule has 0 radical (unpaired) electrons. The van der Waals surface area contributed by atoms with Crippen molar-refractivity contribution in [2.45, 2.75) is 6.54 Å². The van der Waals surface area contributed by atoms with Gasteiger partial charge in [-0.05, 0) is 54.7 Å². The molecule has 7 nitrogen and oxygen atoms in total. The zero-order valence-electron chi connectivity index (χ0n) is 14.7. The van der Waals surface area contributed by atoms with Crippen LogP contribution in [0, 0.1) is 0 Å². The SMILES string of the molecule is COc1ccc(-c2noc(CNC(=S)Nc3ccc(OC)c(Cl)c3)n2)cc1. The van der Waals surface area contributed by atoms with Crippen LogP contribution < -0.4 is 20.1 Å². The first-order valence-corrected chi connectivity index (χ1v) is 8.73. The van der Waals surface area contributed by atoms with Gasteiger partial charge in [0.1, 0.15) is 11.5 Å². The maximum absolute atomic E-state index is 6.10. The van der Waals surface area contributed by atoms with Gasteiger partial charge in [0.2, 0.25) is 11.7 Å². The summed E-state index contributed by atoms with van der Waals surface area (Å²) in [7, 11) is 3.18. The maximum Gasteiger partial charge on any atom is 0.246 e. The fraction of sp³-hybridized carbons (Fsp3) is 0.167. The molecule has 2 N–H and O–H groups in total. The van der Waals surface area contributed by atoms with Crippen LogP contribution in [0.15, 0.2) is 47.0 Å². The molecule has 0 unspecified atom stereocenters. The van der Waals surface area contributed by atoms with E-state index in [1.165, 1.54) is 0 Å². The van der Waals surface area contributed by atoms with Crippen LogP contribution >= 0.6 is 23.8 Å². The first-order chi connectivity index (χ1) is 13.1. The van der Waals surface area contributed by atoms with E-state index in [1.54, 1.807) is 26.4 Å². The number of nitrogens with one attached hydrogen (secondary N) is 2. The lowest BCUT2D eigenvalue weighted by atomic mass is 10.2. The third-order valence-corrected chi connectivity index (χ3v) is 4.17. The second kappa shape index (κ2) is 8.70. The standard InChI is InChI=1S/C18H17ClN4O3S/c1-24-13-6-3-11(4-7-13)17-22-16(26-23-17)10-20-18(27)21-12-5-8-15(25-2)14(19)9-12/h3-9H,10H2,1-2H3,(H2,20,21,27). The second-order valence-electron chi connectivity index (χ2n) is 5.40. The molecule has 1 heterocycles. The number of hydrogen-bond acceptors (Lipinski definition) is 6. The van der Waals surface area contributed by atoms with Crippen LogP contribution in [0.4, 0.5) is 5.69 Å². The molecule has 0 atom stereocenters. The molecule has 0 amide bonds. The Morgan fingerprint density at radius 1 is 1.15 bits per heavy atom. The summed E-state index contributed by atoms with van der Waals surface area (Å²) in [5.74, 6) is 2.27. The Morgan fingerprint density at radius 2 is 1.93 bits per heavy atom.